The van der Waals surface area contributed by atoms with Gasteiger partial charge in [0.25, 0.3) is 5.56 Å². The van der Waals surface area contributed by atoms with Gasteiger partial charge in [-0.3, -0.25) is 9.20 Å². The number of rotatable bonds is 4. The molecule has 0 fully saturated rings. The van der Waals surface area contributed by atoms with E-state index in [-0.39, 0.29) is 5.56 Å². The summed E-state index contributed by atoms with van der Waals surface area (Å²) in [5.74, 6) is -0.431. The van der Waals surface area contributed by atoms with Crippen LogP contribution in [0.5, 0.6) is 0 Å². The first-order chi connectivity index (χ1) is 11.6. The highest BCUT2D eigenvalue weighted by Gasteiger charge is 2.11. The first kappa shape index (κ1) is 16.0. The molecular formula is C17H14ClN3O3. The normalized spacial score (nSPS) is 10.6. The van der Waals surface area contributed by atoms with Gasteiger partial charge in [-0.1, -0.05) is 23.7 Å². The van der Waals surface area contributed by atoms with E-state index in [1.807, 2.05) is 0 Å². The number of methoxy groups -OCH3 is 1. The summed E-state index contributed by atoms with van der Waals surface area (Å²) in [7, 11) is 1.33. The van der Waals surface area contributed by atoms with Crippen molar-refractivity contribution in [3.8, 4) is 0 Å². The number of pyridine rings is 1. The average molecular weight is 344 g/mol. The van der Waals surface area contributed by atoms with E-state index in [0.29, 0.717) is 34.2 Å². The number of carbonyl (C=O) groups excluding carboxylic acids is 1. The number of hydrogen-bond donors (Lipinski definition) is 1. The number of carbonyl (C=O) groups is 1. The first-order valence-electron chi connectivity index (χ1n) is 7.17. The molecule has 0 atom stereocenters. The van der Waals surface area contributed by atoms with Crippen LogP contribution in [-0.2, 0) is 11.3 Å². The van der Waals surface area contributed by atoms with Crippen LogP contribution in [0.25, 0.3) is 5.65 Å². The maximum Gasteiger partial charge on any atom is 0.339 e. The van der Waals surface area contributed by atoms with Gasteiger partial charge in [-0.25, -0.2) is 9.78 Å². The van der Waals surface area contributed by atoms with Gasteiger partial charge in [0.1, 0.15) is 5.65 Å². The maximum atomic E-state index is 12.1. The molecule has 0 unspecified atom stereocenters. The van der Waals surface area contributed by atoms with Crippen molar-refractivity contribution < 1.29 is 9.53 Å². The van der Waals surface area contributed by atoms with Crippen LogP contribution in [0.4, 0.5) is 5.69 Å². The van der Waals surface area contributed by atoms with Crippen LogP contribution in [0.2, 0.25) is 5.02 Å². The van der Waals surface area contributed by atoms with Gasteiger partial charge in [0.15, 0.2) is 0 Å². The predicted octanol–water partition coefficient (Wildman–Crippen LogP) is 2.75. The van der Waals surface area contributed by atoms with Crippen molar-refractivity contribution in [1.29, 1.82) is 0 Å². The van der Waals surface area contributed by atoms with Crippen LogP contribution in [0, 0.1) is 0 Å². The lowest BCUT2D eigenvalue weighted by Gasteiger charge is -2.10. The topological polar surface area (TPSA) is 72.7 Å². The minimum Gasteiger partial charge on any atom is -0.465 e. The first-order valence-corrected chi connectivity index (χ1v) is 7.55. The Morgan fingerprint density at radius 1 is 1.29 bits per heavy atom. The highest BCUT2D eigenvalue weighted by Crippen LogP contribution is 2.17. The molecule has 0 spiro atoms. The minimum absolute atomic E-state index is 0.222. The fourth-order valence-corrected chi connectivity index (χ4v) is 2.49. The average Bonchev–Trinajstić information content (AvgIpc) is 2.60. The molecule has 1 N–H and O–H groups in total. The second kappa shape index (κ2) is 6.72. The molecule has 0 saturated heterocycles. The van der Waals surface area contributed by atoms with Crippen molar-refractivity contribution in [1.82, 2.24) is 9.38 Å². The zero-order valence-corrected chi connectivity index (χ0v) is 13.6. The minimum atomic E-state index is -0.431. The number of esters is 1. The second-order valence-corrected chi connectivity index (χ2v) is 5.49. The Kier molecular flexibility index (Phi) is 4.48. The number of nitrogens with zero attached hydrogens (tertiary/aromatic N) is 2. The molecule has 6 nitrogen and oxygen atoms in total. The Bertz CT molecular complexity index is 969. The fraction of sp³-hybridized carbons (Fsp3) is 0.118. The Labute approximate surface area is 142 Å². The molecular weight excluding hydrogens is 330 g/mol. The summed E-state index contributed by atoms with van der Waals surface area (Å²) in [6.07, 6.45) is 1.52. The molecule has 0 bridgehead atoms. The quantitative estimate of drug-likeness (QED) is 0.737. The third kappa shape index (κ3) is 3.23. The number of hydrogen-bond acceptors (Lipinski definition) is 5. The molecule has 122 valence electrons. The third-order valence-corrected chi connectivity index (χ3v) is 3.69. The molecule has 0 saturated carbocycles. The third-order valence-electron chi connectivity index (χ3n) is 3.47. The standard InChI is InChI=1S/C17H14ClN3O3/c1-24-17(23)13-4-2-3-5-14(13)19-9-12-8-16(22)21-10-11(18)6-7-15(21)20-12/h2-8,10,19H,9H2,1H3. The van der Waals surface area contributed by atoms with Crippen molar-refractivity contribution >= 4 is 28.9 Å². The van der Waals surface area contributed by atoms with Crippen molar-refractivity contribution in [2.75, 3.05) is 12.4 Å². The molecule has 2 heterocycles. The Balaban J connectivity index is 1.88. The lowest BCUT2D eigenvalue weighted by molar-refractivity contribution is 0.0602. The number of aromatic nitrogens is 2. The molecule has 0 radical (unpaired) electrons. The van der Waals surface area contributed by atoms with Crippen LogP contribution < -0.4 is 10.9 Å². The van der Waals surface area contributed by atoms with Crippen LogP contribution in [-0.4, -0.2) is 22.5 Å². The lowest BCUT2D eigenvalue weighted by atomic mass is 10.2. The fourth-order valence-electron chi connectivity index (χ4n) is 2.33. The summed E-state index contributed by atoms with van der Waals surface area (Å²) in [4.78, 5) is 28.3. The molecule has 0 aliphatic carbocycles. The molecule has 0 amide bonds. The van der Waals surface area contributed by atoms with E-state index in [1.165, 1.54) is 23.8 Å². The van der Waals surface area contributed by atoms with E-state index in [2.05, 4.69) is 10.3 Å². The van der Waals surface area contributed by atoms with E-state index in [4.69, 9.17) is 16.3 Å². The molecule has 3 rings (SSSR count). The van der Waals surface area contributed by atoms with Gasteiger partial charge in [-0.15, -0.1) is 0 Å². The van der Waals surface area contributed by atoms with Gasteiger partial charge in [0, 0.05) is 18.0 Å². The molecule has 0 aliphatic rings. The van der Waals surface area contributed by atoms with E-state index in [1.54, 1.807) is 36.4 Å². The monoisotopic (exact) mass is 343 g/mol. The van der Waals surface area contributed by atoms with E-state index < -0.39 is 5.97 Å². The Morgan fingerprint density at radius 2 is 2.08 bits per heavy atom. The summed E-state index contributed by atoms with van der Waals surface area (Å²) >= 11 is 5.89. The van der Waals surface area contributed by atoms with Gasteiger partial charge in [-0.2, -0.15) is 0 Å². The van der Waals surface area contributed by atoms with Crippen molar-refractivity contribution in [2.45, 2.75) is 6.54 Å². The highest BCUT2D eigenvalue weighted by molar-refractivity contribution is 6.30. The molecule has 0 aliphatic heterocycles. The summed E-state index contributed by atoms with van der Waals surface area (Å²) < 4.78 is 6.14. The second-order valence-electron chi connectivity index (χ2n) is 5.05. The summed E-state index contributed by atoms with van der Waals surface area (Å²) in [6.45, 7) is 0.294. The van der Waals surface area contributed by atoms with Gasteiger partial charge in [0.2, 0.25) is 0 Å². The van der Waals surface area contributed by atoms with Gasteiger partial charge in [0.05, 0.1) is 29.9 Å². The van der Waals surface area contributed by atoms with E-state index in [9.17, 15) is 9.59 Å². The number of benzene rings is 1. The molecule has 1 aromatic carbocycles. The maximum absolute atomic E-state index is 12.1. The summed E-state index contributed by atoms with van der Waals surface area (Å²) in [5, 5.41) is 3.57. The summed E-state index contributed by atoms with van der Waals surface area (Å²) in [5.41, 5.74) is 1.87. The van der Waals surface area contributed by atoms with Crippen LogP contribution >= 0.6 is 11.6 Å². The highest BCUT2D eigenvalue weighted by atomic mass is 35.5. The molecule has 2 aromatic heterocycles. The van der Waals surface area contributed by atoms with E-state index >= 15 is 0 Å². The zero-order valence-electron chi connectivity index (χ0n) is 12.8. The van der Waals surface area contributed by atoms with Crippen molar-refractivity contribution in [3.05, 3.63) is 75.3 Å². The van der Waals surface area contributed by atoms with Crippen molar-refractivity contribution in [3.63, 3.8) is 0 Å². The van der Waals surface area contributed by atoms with E-state index in [0.717, 1.165) is 0 Å². The Morgan fingerprint density at radius 3 is 2.88 bits per heavy atom. The predicted molar refractivity (Wildman–Crippen MR) is 91.6 cm³/mol. The molecule has 3 aromatic rings. The number of nitrogens with one attached hydrogen (secondary N) is 1. The number of para-hydroxylation sites is 1. The summed E-state index contributed by atoms with van der Waals surface area (Å²) in [6, 6.07) is 11.8. The Hall–Kier alpha value is -2.86. The number of ether oxygens (including phenoxy) is 1. The van der Waals surface area contributed by atoms with Gasteiger partial charge < -0.3 is 10.1 Å². The van der Waals surface area contributed by atoms with Gasteiger partial charge >= 0.3 is 5.97 Å². The lowest BCUT2D eigenvalue weighted by Crippen LogP contribution is -2.17. The number of halogens is 1. The SMILES string of the molecule is COC(=O)c1ccccc1NCc1cc(=O)n2cc(Cl)ccc2n1. The molecule has 7 heteroatoms. The number of anilines is 1. The van der Waals surface area contributed by atoms with Crippen LogP contribution in [0.1, 0.15) is 16.1 Å². The van der Waals surface area contributed by atoms with Crippen molar-refractivity contribution in [2.24, 2.45) is 0 Å². The van der Waals surface area contributed by atoms with Crippen LogP contribution in [0.3, 0.4) is 0 Å². The van der Waals surface area contributed by atoms with Crippen LogP contribution in [0.15, 0.2) is 53.5 Å². The van der Waals surface area contributed by atoms with Gasteiger partial charge in [-0.05, 0) is 24.3 Å². The largest absolute Gasteiger partial charge is 0.465 e. The smallest absolute Gasteiger partial charge is 0.339 e. The molecule has 24 heavy (non-hydrogen) atoms. The number of fused-ring (bicyclic) bond motifs is 1. The zero-order chi connectivity index (χ0) is 17.1.